The van der Waals surface area contributed by atoms with Gasteiger partial charge in [-0.1, -0.05) is 6.42 Å². The first-order chi connectivity index (χ1) is 11.6. The summed E-state index contributed by atoms with van der Waals surface area (Å²) in [6.45, 7) is 0. The minimum absolute atomic E-state index is 0.129. The van der Waals surface area contributed by atoms with Crippen LogP contribution in [0.3, 0.4) is 0 Å². The van der Waals surface area contributed by atoms with Crippen molar-refractivity contribution in [3.63, 3.8) is 0 Å². The van der Waals surface area contributed by atoms with Crippen LogP contribution in [0.2, 0.25) is 0 Å². The van der Waals surface area contributed by atoms with Gasteiger partial charge in [-0.25, -0.2) is 0 Å². The molecule has 0 saturated heterocycles. The maximum absolute atomic E-state index is 12.2. The van der Waals surface area contributed by atoms with Crippen molar-refractivity contribution in [1.82, 2.24) is 10.9 Å². The van der Waals surface area contributed by atoms with E-state index in [9.17, 15) is 9.59 Å². The fourth-order valence-electron chi connectivity index (χ4n) is 4.05. The van der Waals surface area contributed by atoms with Gasteiger partial charge in [0, 0.05) is 18.1 Å². The second kappa shape index (κ2) is 7.11. The summed E-state index contributed by atoms with van der Waals surface area (Å²) >= 11 is 0. The molecule has 3 atom stereocenters. The van der Waals surface area contributed by atoms with Gasteiger partial charge in [-0.2, -0.15) is 0 Å². The normalized spacial score (nSPS) is 24.5. The Morgan fingerprint density at radius 1 is 1.04 bits per heavy atom. The Hall–Kier alpha value is -2.24. The summed E-state index contributed by atoms with van der Waals surface area (Å²) in [6, 6.07) is 4.88. The van der Waals surface area contributed by atoms with Crippen molar-refractivity contribution >= 4 is 11.8 Å². The molecule has 0 heterocycles. The van der Waals surface area contributed by atoms with Crippen molar-refractivity contribution in [3.05, 3.63) is 23.8 Å². The smallest absolute Gasteiger partial charge is 0.269 e. The first kappa shape index (κ1) is 16.6. The molecule has 2 fully saturated rings. The summed E-state index contributed by atoms with van der Waals surface area (Å²) in [7, 11) is 3.04. The monoisotopic (exact) mass is 332 g/mol. The van der Waals surface area contributed by atoms with Crippen LogP contribution in [-0.4, -0.2) is 26.0 Å². The summed E-state index contributed by atoms with van der Waals surface area (Å²) in [5.74, 6) is 2.49. The average molecular weight is 332 g/mol. The van der Waals surface area contributed by atoms with Gasteiger partial charge in [0.2, 0.25) is 5.91 Å². The number of ether oxygens (including phenoxy) is 2. The largest absolute Gasteiger partial charge is 0.497 e. The molecule has 2 aliphatic rings. The lowest BCUT2D eigenvalue weighted by Gasteiger charge is -2.20. The molecule has 0 aromatic heterocycles. The number of benzene rings is 1. The molecule has 2 bridgehead atoms. The Bertz CT molecular complexity index is 609. The quantitative estimate of drug-likeness (QED) is 0.811. The van der Waals surface area contributed by atoms with Gasteiger partial charge in [0.25, 0.3) is 5.91 Å². The molecule has 24 heavy (non-hydrogen) atoms. The van der Waals surface area contributed by atoms with Crippen LogP contribution in [0.5, 0.6) is 11.5 Å². The van der Waals surface area contributed by atoms with Crippen LogP contribution < -0.4 is 20.3 Å². The summed E-state index contributed by atoms with van der Waals surface area (Å²) in [6.07, 6.45) is 5.48. The molecule has 0 spiro atoms. The van der Waals surface area contributed by atoms with E-state index in [1.165, 1.54) is 33.5 Å². The number of methoxy groups -OCH3 is 2. The van der Waals surface area contributed by atoms with Crippen LogP contribution in [0.25, 0.3) is 0 Å². The fraction of sp³-hybridized carbons (Fsp3) is 0.556. The van der Waals surface area contributed by atoms with E-state index in [1.807, 2.05) is 0 Å². The Kier molecular flexibility index (Phi) is 4.92. The van der Waals surface area contributed by atoms with Gasteiger partial charge >= 0.3 is 0 Å². The minimum Gasteiger partial charge on any atom is -0.497 e. The van der Waals surface area contributed by atoms with Gasteiger partial charge in [-0.3, -0.25) is 20.4 Å². The average Bonchev–Trinajstić information content (AvgIpc) is 3.22. The Morgan fingerprint density at radius 3 is 2.29 bits per heavy atom. The van der Waals surface area contributed by atoms with Crippen molar-refractivity contribution in [2.75, 3.05) is 14.2 Å². The maximum atomic E-state index is 12.2. The number of hydrazine groups is 1. The zero-order valence-corrected chi connectivity index (χ0v) is 14.1. The van der Waals surface area contributed by atoms with Crippen LogP contribution in [0.15, 0.2) is 18.2 Å². The molecular formula is C18H24N2O4. The van der Waals surface area contributed by atoms with Crippen LogP contribution in [-0.2, 0) is 4.79 Å². The van der Waals surface area contributed by atoms with E-state index in [2.05, 4.69) is 10.9 Å². The highest BCUT2D eigenvalue weighted by atomic mass is 16.5. The molecule has 6 heteroatoms. The lowest BCUT2D eigenvalue weighted by atomic mass is 9.86. The number of amides is 2. The third kappa shape index (κ3) is 3.63. The van der Waals surface area contributed by atoms with Crippen LogP contribution in [0.4, 0.5) is 0 Å². The van der Waals surface area contributed by atoms with E-state index in [4.69, 9.17) is 9.47 Å². The van der Waals surface area contributed by atoms with Gasteiger partial charge in [0.05, 0.1) is 14.2 Å². The number of nitrogens with one attached hydrogen (secondary N) is 2. The third-order valence-electron chi connectivity index (χ3n) is 5.26. The molecule has 2 saturated carbocycles. The zero-order valence-electron chi connectivity index (χ0n) is 14.1. The van der Waals surface area contributed by atoms with Gasteiger partial charge in [-0.15, -0.1) is 0 Å². The van der Waals surface area contributed by atoms with Crippen molar-refractivity contribution in [3.8, 4) is 11.5 Å². The third-order valence-corrected chi connectivity index (χ3v) is 5.26. The predicted octanol–water partition coefficient (Wildman–Crippen LogP) is 2.29. The Morgan fingerprint density at radius 2 is 1.75 bits per heavy atom. The molecule has 130 valence electrons. The molecule has 2 amide bonds. The number of carbonyl (C=O) groups excluding carboxylic acids is 2. The number of carbonyl (C=O) groups is 2. The Labute approximate surface area is 141 Å². The molecule has 6 nitrogen and oxygen atoms in total. The van der Waals surface area contributed by atoms with Crippen molar-refractivity contribution < 1.29 is 19.1 Å². The van der Waals surface area contributed by atoms with Crippen LogP contribution in [0.1, 0.15) is 42.5 Å². The van der Waals surface area contributed by atoms with Crippen LogP contribution in [0, 0.1) is 17.8 Å². The van der Waals surface area contributed by atoms with Gasteiger partial charge in [0.1, 0.15) is 11.5 Å². The lowest BCUT2D eigenvalue weighted by Crippen LogP contribution is -2.42. The SMILES string of the molecule is COc1cc(OC)cc(C(=O)NNC(=O)C[C@H]2C[C@@H]3CC[C@@H]2C3)c1. The highest BCUT2D eigenvalue weighted by Gasteiger charge is 2.40. The van der Waals surface area contributed by atoms with E-state index in [0.717, 1.165) is 12.3 Å². The first-order valence-electron chi connectivity index (χ1n) is 8.41. The van der Waals surface area contributed by atoms with Crippen molar-refractivity contribution in [1.29, 1.82) is 0 Å². The Balaban J connectivity index is 1.52. The molecule has 0 radical (unpaired) electrons. The summed E-state index contributed by atoms with van der Waals surface area (Å²) < 4.78 is 10.3. The predicted molar refractivity (Wildman–Crippen MR) is 88.7 cm³/mol. The minimum atomic E-state index is -0.395. The molecular weight excluding hydrogens is 308 g/mol. The second-order valence-electron chi connectivity index (χ2n) is 6.74. The fourth-order valence-corrected chi connectivity index (χ4v) is 4.05. The number of hydrogen-bond acceptors (Lipinski definition) is 4. The molecule has 1 aromatic rings. The molecule has 1 aromatic carbocycles. The maximum Gasteiger partial charge on any atom is 0.269 e. The summed E-state index contributed by atoms with van der Waals surface area (Å²) in [4.78, 5) is 24.3. The standard InChI is InChI=1S/C18H24N2O4/c1-23-15-7-14(8-16(10-15)24-2)18(22)20-19-17(21)9-13-6-11-3-4-12(13)5-11/h7-8,10-13H,3-6,9H2,1-2H3,(H,19,21)(H,20,22)/t11-,12-,13-/m1/s1. The van der Waals surface area contributed by atoms with Gasteiger partial charge in [0.15, 0.2) is 0 Å². The highest BCUT2D eigenvalue weighted by Crippen LogP contribution is 2.49. The number of rotatable bonds is 5. The van der Waals surface area contributed by atoms with E-state index < -0.39 is 5.91 Å². The zero-order chi connectivity index (χ0) is 17.1. The van der Waals surface area contributed by atoms with E-state index in [1.54, 1.807) is 18.2 Å². The molecule has 2 aliphatic carbocycles. The van der Waals surface area contributed by atoms with E-state index in [0.29, 0.717) is 35.3 Å². The second-order valence-corrected chi connectivity index (χ2v) is 6.74. The molecule has 2 N–H and O–H groups in total. The van der Waals surface area contributed by atoms with Crippen LogP contribution >= 0.6 is 0 Å². The van der Waals surface area contributed by atoms with E-state index in [-0.39, 0.29) is 5.91 Å². The number of hydrogen-bond donors (Lipinski definition) is 2. The van der Waals surface area contributed by atoms with Gasteiger partial charge in [-0.05, 0) is 49.1 Å². The van der Waals surface area contributed by atoms with Gasteiger partial charge < -0.3 is 9.47 Å². The molecule has 0 aliphatic heterocycles. The topological polar surface area (TPSA) is 76.7 Å². The first-order valence-corrected chi connectivity index (χ1v) is 8.41. The summed E-state index contributed by atoms with van der Waals surface area (Å²) in [5.41, 5.74) is 5.36. The van der Waals surface area contributed by atoms with Crippen molar-refractivity contribution in [2.45, 2.75) is 32.1 Å². The van der Waals surface area contributed by atoms with E-state index >= 15 is 0 Å². The molecule has 0 unspecified atom stereocenters. The number of fused-ring (bicyclic) bond motifs is 2. The lowest BCUT2D eigenvalue weighted by molar-refractivity contribution is -0.123. The molecule has 3 rings (SSSR count). The highest BCUT2D eigenvalue weighted by molar-refractivity contribution is 5.96. The summed E-state index contributed by atoms with van der Waals surface area (Å²) in [5, 5.41) is 0. The van der Waals surface area contributed by atoms with Crippen molar-refractivity contribution in [2.24, 2.45) is 17.8 Å².